The molecule has 0 aromatic heterocycles. The van der Waals surface area contributed by atoms with E-state index >= 15 is 0 Å². The molecule has 0 saturated heterocycles. The van der Waals surface area contributed by atoms with Crippen LogP contribution in [0.25, 0.3) is 0 Å². The Morgan fingerprint density at radius 1 is 1.04 bits per heavy atom. The lowest BCUT2D eigenvalue weighted by Crippen LogP contribution is -2.54. The summed E-state index contributed by atoms with van der Waals surface area (Å²) in [6, 6.07) is 1.99. The number of hydrogen-bond acceptors (Lipinski definition) is 4. The molecule has 4 heteroatoms. The number of benzene rings is 1. The van der Waals surface area contributed by atoms with Gasteiger partial charge in [0.25, 0.3) is 0 Å². The van der Waals surface area contributed by atoms with Crippen LogP contribution in [0.15, 0.2) is 6.07 Å². The maximum Gasteiger partial charge on any atom is 0.345 e. The molecule has 136 valence electrons. The van der Waals surface area contributed by atoms with Crippen molar-refractivity contribution in [2.45, 2.75) is 78.6 Å². The van der Waals surface area contributed by atoms with E-state index in [9.17, 15) is 4.79 Å². The van der Waals surface area contributed by atoms with Gasteiger partial charge in [0.2, 0.25) is 5.79 Å². The Hall–Kier alpha value is -1.71. The highest BCUT2D eigenvalue weighted by Crippen LogP contribution is 2.55. The van der Waals surface area contributed by atoms with Gasteiger partial charge in [-0.25, -0.2) is 4.79 Å². The zero-order chi connectivity index (χ0) is 18.2. The number of rotatable bonds is 0. The normalized spacial score (nSPS) is 31.6. The summed E-state index contributed by atoms with van der Waals surface area (Å²) in [5, 5.41) is 0. The maximum atomic E-state index is 12.5. The number of fused-ring (bicyclic) bond motifs is 4. The zero-order valence-electron chi connectivity index (χ0n) is 16.1. The van der Waals surface area contributed by atoms with Gasteiger partial charge >= 0.3 is 5.97 Å². The van der Waals surface area contributed by atoms with Crippen LogP contribution in [-0.2, 0) is 11.2 Å². The Morgan fingerprint density at radius 3 is 2.48 bits per heavy atom. The van der Waals surface area contributed by atoms with Crippen molar-refractivity contribution in [2.75, 3.05) is 0 Å². The summed E-state index contributed by atoms with van der Waals surface area (Å²) in [4.78, 5) is 12.5. The van der Waals surface area contributed by atoms with Crippen molar-refractivity contribution in [1.82, 2.24) is 0 Å². The number of cyclic esters (lactones) is 1. The minimum Gasteiger partial charge on any atom is -0.487 e. The molecular weight excluding hydrogens is 316 g/mol. The van der Waals surface area contributed by atoms with Gasteiger partial charge in [0.1, 0.15) is 22.7 Å². The van der Waals surface area contributed by atoms with Crippen LogP contribution in [0.3, 0.4) is 0 Å². The van der Waals surface area contributed by atoms with Gasteiger partial charge in [-0.1, -0.05) is 13.8 Å². The van der Waals surface area contributed by atoms with Gasteiger partial charge < -0.3 is 14.2 Å². The van der Waals surface area contributed by atoms with E-state index in [1.807, 2.05) is 13.0 Å². The van der Waals surface area contributed by atoms with Crippen LogP contribution >= 0.6 is 0 Å². The van der Waals surface area contributed by atoms with E-state index in [1.165, 1.54) is 12.8 Å². The quantitative estimate of drug-likeness (QED) is 0.634. The standard InChI is InChI=1S/C21H28O4/c1-12-10-14-13(17-16(12)18(22)25-20(4,5)24-17)11-15-19(2,3)8-7-9-21(15,6)23-14/h10,15H,7-9,11H2,1-6H3/t15-,21-/m0/s1. The van der Waals surface area contributed by atoms with Crippen LogP contribution < -0.4 is 9.47 Å². The summed E-state index contributed by atoms with van der Waals surface area (Å²) in [6.45, 7) is 12.4. The minimum absolute atomic E-state index is 0.153. The molecule has 1 saturated carbocycles. The molecule has 1 aromatic rings. The summed E-state index contributed by atoms with van der Waals surface area (Å²) in [7, 11) is 0. The van der Waals surface area contributed by atoms with Crippen LogP contribution in [0, 0.1) is 18.3 Å². The molecule has 2 heterocycles. The van der Waals surface area contributed by atoms with Crippen molar-refractivity contribution >= 4 is 5.97 Å². The molecule has 1 aromatic carbocycles. The molecule has 0 bridgehead atoms. The molecule has 0 radical (unpaired) electrons. The molecule has 2 aliphatic heterocycles. The van der Waals surface area contributed by atoms with Crippen molar-refractivity contribution in [2.24, 2.45) is 11.3 Å². The molecule has 0 amide bonds. The number of ether oxygens (including phenoxy) is 3. The predicted molar refractivity (Wildman–Crippen MR) is 95.2 cm³/mol. The number of esters is 1. The van der Waals surface area contributed by atoms with Crippen LogP contribution in [-0.4, -0.2) is 17.4 Å². The number of hydrogen-bond donors (Lipinski definition) is 0. The SMILES string of the molecule is Cc1cc2c(c3c1C(=O)OC(C)(C)O3)C[C@H]1C(C)(C)CCC[C@]1(C)O2. The molecule has 0 spiro atoms. The van der Waals surface area contributed by atoms with Gasteiger partial charge in [0.05, 0.1) is 0 Å². The summed E-state index contributed by atoms with van der Waals surface area (Å²) in [5.41, 5.74) is 2.49. The summed E-state index contributed by atoms with van der Waals surface area (Å²) >= 11 is 0. The fourth-order valence-electron chi connectivity index (χ4n) is 5.13. The van der Waals surface area contributed by atoms with Gasteiger partial charge in [-0.15, -0.1) is 0 Å². The van der Waals surface area contributed by atoms with E-state index in [4.69, 9.17) is 14.2 Å². The molecule has 0 N–H and O–H groups in total. The molecule has 25 heavy (non-hydrogen) atoms. The summed E-state index contributed by atoms with van der Waals surface area (Å²) < 4.78 is 18.1. The second-order valence-electron chi connectivity index (χ2n) is 9.28. The molecular formula is C21H28O4. The minimum atomic E-state index is -0.950. The van der Waals surface area contributed by atoms with Crippen LogP contribution in [0.5, 0.6) is 11.5 Å². The Kier molecular flexibility index (Phi) is 3.30. The number of carbonyl (C=O) groups is 1. The monoisotopic (exact) mass is 344 g/mol. The van der Waals surface area contributed by atoms with Crippen molar-refractivity contribution in [3.8, 4) is 11.5 Å². The Balaban J connectivity index is 1.88. The third kappa shape index (κ3) is 2.44. The van der Waals surface area contributed by atoms with Crippen molar-refractivity contribution in [3.63, 3.8) is 0 Å². The lowest BCUT2D eigenvalue weighted by atomic mass is 9.59. The summed E-state index contributed by atoms with van der Waals surface area (Å²) in [5.74, 6) is 0.687. The fourth-order valence-corrected chi connectivity index (χ4v) is 5.13. The van der Waals surface area contributed by atoms with Crippen LogP contribution in [0.1, 0.15) is 75.4 Å². The van der Waals surface area contributed by atoms with Gasteiger partial charge in [0.15, 0.2) is 0 Å². The highest BCUT2D eigenvalue weighted by molar-refractivity contribution is 5.96. The van der Waals surface area contributed by atoms with Crippen molar-refractivity contribution in [1.29, 1.82) is 0 Å². The van der Waals surface area contributed by atoms with Crippen molar-refractivity contribution in [3.05, 3.63) is 22.8 Å². The van der Waals surface area contributed by atoms with E-state index in [-0.39, 0.29) is 17.0 Å². The first-order chi connectivity index (χ1) is 11.5. The first-order valence-electron chi connectivity index (χ1n) is 9.30. The van der Waals surface area contributed by atoms with E-state index in [2.05, 4.69) is 20.8 Å². The number of carbonyl (C=O) groups excluding carboxylic acids is 1. The first-order valence-corrected chi connectivity index (χ1v) is 9.30. The third-order valence-electron chi connectivity index (χ3n) is 6.36. The predicted octanol–water partition coefficient (Wildman–Crippen LogP) is 4.80. The topological polar surface area (TPSA) is 44.8 Å². The van der Waals surface area contributed by atoms with E-state index in [0.29, 0.717) is 17.2 Å². The lowest BCUT2D eigenvalue weighted by Gasteiger charge is -2.53. The molecule has 0 unspecified atom stereocenters. The fraction of sp³-hybridized carbons (Fsp3) is 0.667. The summed E-state index contributed by atoms with van der Waals surface area (Å²) in [6.07, 6.45) is 4.35. The van der Waals surface area contributed by atoms with E-state index in [1.54, 1.807) is 13.8 Å². The van der Waals surface area contributed by atoms with Crippen molar-refractivity contribution < 1.29 is 19.0 Å². The average molecular weight is 344 g/mol. The second kappa shape index (κ2) is 4.93. The molecule has 3 aliphatic rings. The van der Waals surface area contributed by atoms with Crippen LogP contribution in [0.4, 0.5) is 0 Å². The molecule has 4 rings (SSSR count). The lowest BCUT2D eigenvalue weighted by molar-refractivity contribution is -0.129. The zero-order valence-corrected chi connectivity index (χ0v) is 16.1. The van der Waals surface area contributed by atoms with Gasteiger partial charge in [0, 0.05) is 25.3 Å². The average Bonchev–Trinajstić information content (AvgIpc) is 2.43. The Morgan fingerprint density at radius 2 is 1.76 bits per heavy atom. The van der Waals surface area contributed by atoms with Crippen LogP contribution in [0.2, 0.25) is 0 Å². The molecule has 2 atom stereocenters. The largest absolute Gasteiger partial charge is 0.487 e. The highest BCUT2D eigenvalue weighted by atomic mass is 16.7. The van der Waals surface area contributed by atoms with E-state index < -0.39 is 5.79 Å². The van der Waals surface area contributed by atoms with Gasteiger partial charge in [-0.05, 0) is 56.6 Å². The van der Waals surface area contributed by atoms with Gasteiger partial charge in [-0.2, -0.15) is 0 Å². The second-order valence-corrected chi connectivity index (χ2v) is 9.28. The Labute approximate surface area is 149 Å². The highest BCUT2D eigenvalue weighted by Gasteiger charge is 2.52. The smallest absolute Gasteiger partial charge is 0.345 e. The van der Waals surface area contributed by atoms with E-state index in [0.717, 1.165) is 29.7 Å². The number of aryl methyl sites for hydroxylation is 1. The Bertz CT molecular complexity index is 762. The molecule has 1 aliphatic carbocycles. The third-order valence-corrected chi connectivity index (χ3v) is 6.36. The molecule has 1 fully saturated rings. The van der Waals surface area contributed by atoms with Gasteiger partial charge in [-0.3, -0.25) is 0 Å². The molecule has 4 nitrogen and oxygen atoms in total. The maximum absolute atomic E-state index is 12.5. The first kappa shape index (κ1) is 16.7.